The number of ketones is 3. The van der Waals surface area contributed by atoms with Gasteiger partial charge in [0.05, 0.1) is 12.7 Å². The summed E-state index contributed by atoms with van der Waals surface area (Å²) in [7, 11) is 3.26. The predicted molar refractivity (Wildman–Crippen MR) is 233 cm³/mol. The van der Waals surface area contributed by atoms with E-state index < -0.39 is 47.6 Å². The normalized spacial score (nSPS) is 26.2. The molecule has 0 bridgehead atoms. The third kappa shape index (κ3) is 17.2. The number of carbonyl (C=O) groups excluding carboxylic acids is 4. The average molecular weight is 844 g/mol. The Morgan fingerprint density at radius 3 is 2.33 bits per heavy atom. The first-order chi connectivity index (χ1) is 28.5. The van der Waals surface area contributed by atoms with E-state index in [4.69, 9.17) is 19.3 Å². The van der Waals surface area contributed by atoms with Gasteiger partial charge >= 0.3 is 5.97 Å². The molecule has 3 rings (SSSR count). The average Bonchev–Trinajstić information content (AvgIpc) is 3.25. The molecule has 3 fully saturated rings. The van der Waals surface area contributed by atoms with Gasteiger partial charge in [0.2, 0.25) is 5.79 Å². The summed E-state index contributed by atoms with van der Waals surface area (Å²) in [6.07, 6.45) is 23.5. The fraction of sp³-hybridized carbons (Fsp3) is 0.729. The number of aliphatic hydroxyl groups excluding tert-OH is 1. The highest BCUT2D eigenvalue weighted by Crippen LogP contribution is 2.33. The number of ether oxygens (including phenoxy) is 3. The highest BCUT2D eigenvalue weighted by Gasteiger charge is 2.50. The first-order valence-electron chi connectivity index (χ1n) is 22.4. The van der Waals surface area contributed by atoms with Gasteiger partial charge < -0.3 is 34.4 Å². The Balaban J connectivity index is 0.000000492. The molecule has 0 spiro atoms. The van der Waals surface area contributed by atoms with Gasteiger partial charge in [0.15, 0.2) is 5.78 Å². The molecule has 1 amide bonds. The van der Waals surface area contributed by atoms with Crippen molar-refractivity contribution in [1.29, 1.82) is 0 Å². The van der Waals surface area contributed by atoms with Gasteiger partial charge in [-0.1, -0.05) is 82.6 Å². The number of carboxylic acid groups (broad SMARTS) is 1. The summed E-state index contributed by atoms with van der Waals surface area (Å²) < 4.78 is 16.1. The van der Waals surface area contributed by atoms with Crippen molar-refractivity contribution in [3.63, 3.8) is 0 Å². The molecule has 0 aromatic carbocycles. The van der Waals surface area contributed by atoms with Crippen LogP contribution in [0.1, 0.15) is 144 Å². The Bertz CT molecular complexity index is 1500. The van der Waals surface area contributed by atoms with E-state index in [1.807, 2.05) is 25.2 Å². The standard InChI is InChI=1S/C34H56O5.C14H21NO6/c1-8-25(2)15-12-10-9-11-13-16-27(4)32(36)34(39-7)33(37)28(5)20-22-30(35)21-19-26(3)23-29-17-14-18-31(24-29)38-6;1-9-5-4-8-21-14(9,20)11(16)12(17)15-7-3-2-6-10(15)13(18)19/h9-12,15,20,26-27,29,31,33-34,37H,8,13-14,16-19,21-24H2,1-7H3;9-10,20H,2-8H2,1H3,(H,18,19)/b11-9+,12-10+,25-15+,28-20+;/t26?,27?,29?,31?,33?,34-;/m0./s1. The number of carbonyl (C=O) groups is 5. The van der Waals surface area contributed by atoms with Gasteiger partial charge in [-0.25, -0.2) is 4.79 Å². The van der Waals surface area contributed by atoms with Crippen LogP contribution >= 0.6 is 0 Å². The Morgan fingerprint density at radius 2 is 1.68 bits per heavy atom. The summed E-state index contributed by atoms with van der Waals surface area (Å²) in [5, 5.41) is 30.4. The van der Waals surface area contributed by atoms with E-state index in [-0.39, 0.29) is 37.1 Å². The number of likely N-dealkylation sites (tertiary alicyclic amines) is 1. The molecule has 2 heterocycles. The molecule has 12 nitrogen and oxygen atoms in total. The van der Waals surface area contributed by atoms with Crippen LogP contribution in [0.4, 0.5) is 0 Å². The van der Waals surface area contributed by atoms with Crippen molar-refractivity contribution in [3.8, 4) is 0 Å². The summed E-state index contributed by atoms with van der Waals surface area (Å²) in [5.41, 5.74) is 1.94. The smallest absolute Gasteiger partial charge is 0.326 e. The topological polar surface area (TPSA) is 177 Å². The van der Waals surface area contributed by atoms with Crippen molar-refractivity contribution in [2.75, 3.05) is 27.4 Å². The SMILES string of the molecule is CC/C(C)=C/C=C/C=C/CCC(C)C(=O)[C@H](OC)C(O)/C(C)=C/CC(=O)CCC(C)CC1CCCC(OC)C1.CC1CCCOC1(O)C(=O)C(=O)N1CCCCC1C(=O)O. The Kier molecular flexibility index (Phi) is 24.3. The molecule has 2 aliphatic heterocycles. The van der Waals surface area contributed by atoms with Gasteiger partial charge in [-0.05, 0) is 108 Å². The molecule has 8 unspecified atom stereocenters. The highest BCUT2D eigenvalue weighted by molar-refractivity contribution is 6.39. The Labute approximate surface area is 359 Å². The van der Waals surface area contributed by atoms with Crippen LogP contribution in [0.15, 0.2) is 47.6 Å². The zero-order valence-electron chi connectivity index (χ0n) is 37.9. The number of carboxylic acids is 1. The van der Waals surface area contributed by atoms with Crippen LogP contribution < -0.4 is 0 Å². The molecule has 0 aromatic heterocycles. The van der Waals surface area contributed by atoms with Crippen LogP contribution in [-0.2, 0) is 38.2 Å². The van der Waals surface area contributed by atoms with Gasteiger partial charge in [-0.3, -0.25) is 19.2 Å². The lowest BCUT2D eigenvalue weighted by Crippen LogP contribution is -2.59. The lowest BCUT2D eigenvalue weighted by molar-refractivity contribution is -0.240. The van der Waals surface area contributed by atoms with Crippen molar-refractivity contribution in [2.24, 2.45) is 23.7 Å². The number of Topliss-reactive ketones (excluding diaryl/α,β-unsaturated/α-hetero) is 3. The summed E-state index contributed by atoms with van der Waals surface area (Å²) >= 11 is 0. The molecule has 9 atom stereocenters. The fourth-order valence-electron chi connectivity index (χ4n) is 8.21. The fourth-order valence-corrected chi connectivity index (χ4v) is 8.21. The number of hydrogen-bond acceptors (Lipinski definition) is 10. The Morgan fingerprint density at radius 1 is 0.950 bits per heavy atom. The monoisotopic (exact) mass is 844 g/mol. The van der Waals surface area contributed by atoms with Gasteiger partial charge in [0.25, 0.3) is 11.7 Å². The van der Waals surface area contributed by atoms with E-state index in [9.17, 15) is 34.2 Å². The Hall–Kier alpha value is -3.29. The van der Waals surface area contributed by atoms with Crippen molar-refractivity contribution in [1.82, 2.24) is 4.90 Å². The second kappa shape index (κ2) is 27.6. The maximum absolute atomic E-state index is 13.0. The van der Waals surface area contributed by atoms with Crippen LogP contribution in [0.3, 0.4) is 0 Å². The van der Waals surface area contributed by atoms with Gasteiger partial charge in [0, 0.05) is 45.4 Å². The van der Waals surface area contributed by atoms with Crippen LogP contribution in [0, 0.1) is 23.7 Å². The van der Waals surface area contributed by atoms with E-state index in [1.165, 1.54) is 25.5 Å². The van der Waals surface area contributed by atoms with Crippen molar-refractivity contribution < 1.29 is 53.5 Å². The second-order valence-corrected chi connectivity index (χ2v) is 17.4. The molecule has 1 saturated carbocycles. The van der Waals surface area contributed by atoms with E-state index in [0.29, 0.717) is 68.5 Å². The number of aliphatic carboxylic acids is 1. The zero-order chi connectivity index (χ0) is 44.8. The first kappa shape index (κ1) is 52.8. The summed E-state index contributed by atoms with van der Waals surface area (Å²) in [4.78, 5) is 62.5. The van der Waals surface area contributed by atoms with Crippen molar-refractivity contribution in [2.45, 2.75) is 174 Å². The van der Waals surface area contributed by atoms with Gasteiger partial charge in [0.1, 0.15) is 24.0 Å². The predicted octanol–water partition coefficient (Wildman–Crippen LogP) is 7.89. The number of amides is 1. The molecular weight excluding hydrogens is 767 g/mol. The minimum absolute atomic E-state index is 0.109. The third-order valence-corrected chi connectivity index (χ3v) is 12.5. The minimum atomic E-state index is -2.13. The van der Waals surface area contributed by atoms with Crippen molar-refractivity contribution >= 4 is 29.2 Å². The quantitative estimate of drug-likeness (QED) is 0.0549. The number of piperidine rings is 1. The number of allylic oxidation sites excluding steroid dienone is 7. The molecule has 340 valence electrons. The van der Waals surface area contributed by atoms with Crippen LogP contribution in [0.5, 0.6) is 0 Å². The van der Waals surface area contributed by atoms with Crippen LogP contribution in [0.25, 0.3) is 0 Å². The lowest BCUT2D eigenvalue weighted by atomic mass is 9.80. The third-order valence-electron chi connectivity index (χ3n) is 12.5. The van der Waals surface area contributed by atoms with E-state index in [2.05, 4.69) is 32.9 Å². The van der Waals surface area contributed by atoms with Gasteiger partial charge in [-0.2, -0.15) is 0 Å². The van der Waals surface area contributed by atoms with Crippen molar-refractivity contribution in [3.05, 3.63) is 47.6 Å². The second-order valence-electron chi connectivity index (χ2n) is 17.4. The lowest BCUT2D eigenvalue weighted by Gasteiger charge is -2.38. The molecular formula is C48H77NO11. The zero-order valence-corrected chi connectivity index (χ0v) is 37.9. The van der Waals surface area contributed by atoms with Crippen LogP contribution in [0.2, 0.25) is 0 Å². The maximum atomic E-state index is 13.0. The van der Waals surface area contributed by atoms with Crippen LogP contribution in [-0.4, -0.2) is 107 Å². The summed E-state index contributed by atoms with van der Waals surface area (Å²) in [6.45, 7) is 12.2. The molecule has 60 heavy (non-hydrogen) atoms. The molecule has 12 heteroatoms. The molecule has 1 aliphatic carbocycles. The number of methoxy groups -OCH3 is 2. The number of aliphatic hydroxyl groups is 2. The number of nitrogens with zero attached hydrogens (tertiary/aromatic N) is 1. The molecule has 2 saturated heterocycles. The molecule has 3 aliphatic rings. The molecule has 3 N–H and O–H groups in total. The summed E-state index contributed by atoms with van der Waals surface area (Å²) in [6, 6.07) is -1.00. The highest BCUT2D eigenvalue weighted by atomic mass is 16.6. The first-order valence-corrected chi connectivity index (χ1v) is 22.4. The van der Waals surface area contributed by atoms with E-state index in [0.717, 1.165) is 43.4 Å². The number of rotatable bonds is 22. The molecule has 0 aromatic rings. The molecule has 0 radical (unpaired) electrons. The minimum Gasteiger partial charge on any atom is -0.480 e. The van der Waals surface area contributed by atoms with Gasteiger partial charge in [-0.15, -0.1) is 0 Å². The maximum Gasteiger partial charge on any atom is 0.326 e. The largest absolute Gasteiger partial charge is 0.480 e. The summed E-state index contributed by atoms with van der Waals surface area (Å²) in [5.74, 6) is -4.73. The number of hydrogen-bond donors (Lipinski definition) is 3. The van der Waals surface area contributed by atoms with E-state index >= 15 is 0 Å². The van der Waals surface area contributed by atoms with E-state index in [1.54, 1.807) is 27.0 Å².